The van der Waals surface area contributed by atoms with Crippen molar-refractivity contribution in [2.45, 2.75) is 32.4 Å². The highest BCUT2D eigenvalue weighted by molar-refractivity contribution is 7.10. The number of hydrogen-bond donors (Lipinski definition) is 2. The third-order valence-electron chi connectivity index (χ3n) is 5.04. The van der Waals surface area contributed by atoms with Crippen molar-refractivity contribution < 1.29 is 29.3 Å². The van der Waals surface area contributed by atoms with Gasteiger partial charge in [-0.3, -0.25) is 9.48 Å². The van der Waals surface area contributed by atoms with Gasteiger partial charge in [-0.15, -0.1) is 11.3 Å². The van der Waals surface area contributed by atoms with E-state index in [-0.39, 0.29) is 5.91 Å². The molecule has 1 amide bonds. The molecule has 2 aromatic rings. The second-order valence-corrected chi connectivity index (χ2v) is 8.40. The Morgan fingerprint density at radius 3 is 2.65 bits per heavy atom. The van der Waals surface area contributed by atoms with Crippen LogP contribution in [0.2, 0.25) is 0 Å². The Labute approximate surface area is 183 Å². The van der Waals surface area contributed by atoms with Gasteiger partial charge in [-0.1, -0.05) is 6.07 Å². The zero-order valence-corrected chi connectivity index (χ0v) is 18.0. The molecule has 10 heteroatoms. The summed E-state index contributed by atoms with van der Waals surface area (Å²) < 4.78 is 7.78. The average molecular weight is 448 g/mol. The monoisotopic (exact) mass is 447 g/mol. The van der Waals surface area contributed by atoms with E-state index in [1.807, 2.05) is 40.2 Å². The number of rotatable bonds is 6. The first-order chi connectivity index (χ1) is 14.8. The third-order valence-corrected chi connectivity index (χ3v) is 5.88. The van der Waals surface area contributed by atoms with Crippen LogP contribution in [-0.2, 0) is 45.7 Å². The summed E-state index contributed by atoms with van der Waals surface area (Å²) in [6, 6.07) is 4.00. The van der Waals surface area contributed by atoms with Crippen molar-refractivity contribution in [1.82, 2.24) is 14.7 Å². The highest BCUT2D eigenvalue weighted by Crippen LogP contribution is 2.29. The molecule has 3 heterocycles. The first kappa shape index (κ1) is 22.7. The minimum absolute atomic E-state index is 0.0627. The molecule has 4 rings (SSSR count). The van der Waals surface area contributed by atoms with Gasteiger partial charge in [0, 0.05) is 55.4 Å². The molecule has 166 valence electrons. The van der Waals surface area contributed by atoms with E-state index in [1.54, 1.807) is 17.4 Å². The van der Waals surface area contributed by atoms with Crippen LogP contribution in [0.15, 0.2) is 23.6 Å². The minimum Gasteiger partial charge on any atom is -0.473 e. The predicted molar refractivity (Wildman–Crippen MR) is 113 cm³/mol. The molecule has 2 aromatic heterocycles. The molecule has 0 saturated heterocycles. The summed E-state index contributed by atoms with van der Waals surface area (Å²) in [6.07, 6.45) is 7.00. The van der Waals surface area contributed by atoms with E-state index in [2.05, 4.69) is 5.10 Å². The molecule has 9 nitrogen and oxygen atoms in total. The second-order valence-electron chi connectivity index (χ2n) is 7.42. The fourth-order valence-corrected chi connectivity index (χ4v) is 3.84. The number of carbonyl (C=O) groups is 3. The molecule has 0 unspecified atom stereocenters. The van der Waals surface area contributed by atoms with Crippen molar-refractivity contribution in [3.05, 3.63) is 45.4 Å². The number of aliphatic carboxylic acids is 2. The summed E-state index contributed by atoms with van der Waals surface area (Å²) in [6.45, 7) is 2.74. The van der Waals surface area contributed by atoms with Gasteiger partial charge in [0.05, 0.1) is 12.3 Å². The van der Waals surface area contributed by atoms with Crippen LogP contribution >= 0.6 is 11.3 Å². The van der Waals surface area contributed by atoms with Crippen LogP contribution in [0.25, 0.3) is 6.08 Å². The largest absolute Gasteiger partial charge is 0.473 e. The second kappa shape index (κ2) is 10.4. The van der Waals surface area contributed by atoms with Gasteiger partial charge in [0.2, 0.25) is 5.91 Å². The molecule has 0 bridgehead atoms. The summed E-state index contributed by atoms with van der Waals surface area (Å²) in [7, 11) is 1.98. The van der Waals surface area contributed by atoms with E-state index in [4.69, 9.17) is 24.5 Å². The van der Waals surface area contributed by atoms with Crippen LogP contribution < -0.4 is 0 Å². The number of carboxylic acid groups (broad SMARTS) is 2. The number of aromatic nitrogens is 2. The molecule has 1 aliphatic heterocycles. The first-order valence-corrected chi connectivity index (χ1v) is 10.8. The van der Waals surface area contributed by atoms with Gasteiger partial charge in [-0.05, 0) is 36.3 Å². The average Bonchev–Trinajstić information content (AvgIpc) is 3.31. The number of hydrogen-bond acceptors (Lipinski definition) is 6. The van der Waals surface area contributed by atoms with Gasteiger partial charge in [-0.25, -0.2) is 9.59 Å². The van der Waals surface area contributed by atoms with Crippen LogP contribution in [0.3, 0.4) is 0 Å². The molecule has 1 fully saturated rings. The van der Waals surface area contributed by atoms with E-state index in [1.165, 1.54) is 24.1 Å². The first-order valence-electron chi connectivity index (χ1n) is 9.93. The molecule has 1 saturated carbocycles. The van der Waals surface area contributed by atoms with Crippen molar-refractivity contribution >= 4 is 35.3 Å². The number of thiophene rings is 1. The molecule has 1 aliphatic carbocycles. The molecule has 0 aromatic carbocycles. The Morgan fingerprint density at radius 1 is 1.29 bits per heavy atom. The smallest absolute Gasteiger partial charge is 0.414 e. The fraction of sp³-hybridized carbons (Fsp3) is 0.429. The summed E-state index contributed by atoms with van der Waals surface area (Å²) in [5, 5.41) is 21.4. The van der Waals surface area contributed by atoms with Gasteiger partial charge in [-0.2, -0.15) is 5.10 Å². The Hall–Kier alpha value is -2.98. The van der Waals surface area contributed by atoms with Crippen LogP contribution in [0.5, 0.6) is 0 Å². The van der Waals surface area contributed by atoms with Crippen molar-refractivity contribution in [2.75, 3.05) is 13.2 Å². The summed E-state index contributed by atoms with van der Waals surface area (Å²) >= 11 is 1.63. The van der Waals surface area contributed by atoms with Crippen molar-refractivity contribution in [3.8, 4) is 0 Å². The van der Waals surface area contributed by atoms with Gasteiger partial charge in [0.15, 0.2) is 0 Å². The third kappa shape index (κ3) is 6.50. The number of fused-ring (bicyclic) bond motifs is 1. The molecule has 31 heavy (non-hydrogen) atoms. The Morgan fingerprint density at radius 2 is 2.03 bits per heavy atom. The fourth-order valence-electron chi connectivity index (χ4n) is 3.23. The highest BCUT2D eigenvalue weighted by atomic mass is 32.1. The lowest BCUT2D eigenvalue weighted by atomic mass is 10.1. The Balaban J connectivity index is 0.000000401. The summed E-state index contributed by atoms with van der Waals surface area (Å²) in [5.41, 5.74) is 3.39. The van der Waals surface area contributed by atoms with Gasteiger partial charge in [0.25, 0.3) is 0 Å². The van der Waals surface area contributed by atoms with Crippen molar-refractivity contribution in [1.29, 1.82) is 0 Å². The Bertz CT molecular complexity index is 950. The molecule has 0 atom stereocenters. The van der Waals surface area contributed by atoms with E-state index in [0.29, 0.717) is 13.2 Å². The lowest BCUT2D eigenvalue weighted by molar-refractivity contribution is -0.159. The minimum atomic E-state index is -1.82. The number of ether oxygens (including phenoxy) is 1. The molecular formula is C21H25N3O6S. The topological polar surface area (TPSA) is 122 Å². The van der Waals surface area contributed by atoms with Crippen LogP contribution in [-0.4, -0.2) is 55.9 Å². The lowest BCUT2D eigenvalue weighted by Gasteiger charge is -2.26. The summed E-state index contributed by atoms with van der Waals surface area (Å²) in [5.74, 6) is -2.84. The van der Waals surface area contributed by atoms with E-state index < -0.39 is 11.9 Å². The highest BCUT2D eigenvalue weighted by Gasteiger charge is 2.26. The molecule has 0 spiro atoms. The van der Waals surface area contributed by atoms with Crippen LogP contribution in [0.4, 0.5) is 0 Å². The maximum absolute atomic E-state index is 12.5. The zero-order valence-electron chi connectivity index (χ0n) is 17.2. The van der Waals surface area contributed by atoms with Gasteiger partial charge < -0.3 is 19.8 Å². The van der Waals surface area contributed by atoms with Crippen molar-refractivity contribution in [3.63, 3.8) is 0 Å². The van der Waals surface area contributed by atoms with Crippen LogP contribution in [0, 0.1) is 5.92 Å². The van der Waals surface area contributed by atoms with Crippen molar-refractivity contribution in [2.24, 2.45) is 13.0 Å². The molecule has 2 N–H and O–H groups in total. The molecule has 0 radical (unpaired) electrons. The zero-order chi connectivity index (χ0) is 22.4. The van der Waals surface area contributed by atoms with Crippen LogP contribution in [0.1, 0.15) is 34.7 Å². The summed E-state index contributed by atoms with van der Waals surface area (Å²) in [4.78, 5) is 33.7. The number of aryl methyl sites for hydroxylation is 1. The quantitative estimate of drug-likeness (QED) is 0.514. The van der Waals surface area contributed by atoms with E-state index in [0.717, 1.165) is 36.1 Å². The van der Waals surface area contributed by atoms with Gasteiger partial charge in [0.1, 0.15) is 0 Å². The predicted octanol–water partition coefficient (Wildman–Crippen LogP) is 2.16. The molecule has 2 aliphatic rings. The maximum Gasteiger partial charge on any atom is 0.414 e. The number of carboxylic acids is 2. The SMILES string of the molecule is Cn1nc(COCC2CC2)c2c1CCN(C(=O)/C=C/c1cccs1)C2.O=C(O)C(=O)O. The lowest BCUT2D eigenvalue weighted by Crippen LogP contribution is -2.35. The maximum atomic E-state index is 12.5. The standard InChI is InChI=1S/C19H23N3O2S.C2H2O4/c1-21-18-8-9-22(19(23)7-6-15-3-2-10-25-15)11-16(18)17(20-21)13-24-12-14-4-5-14;3-1(4)2(5)6/h2-3,6-7,10,14H,4-5,8-9,11-13H2,1H3;(H,3,4)(H,5,6)/b7-6+;. The van der Waals surface area contributed by atoms with Gasteiger partial charge >= 0.3 is 11.9 Å². The normalized spacial score (nSPS) is 15.3. The molecular weight excluding hydrogens is 422 g/mol. The van der Waals surface area contributed by atoms with E-state index >= 15 is 0 Å². The van der Waals surface area contributed by atoms with E-state index in [9.17, 15) is 4.79 Å². The Kier molecular flexibility index (Phi) is 7.59. The number of carbonyl (C=O) groups excluding carboxylic acids is 1. The number of nitrogens with zero attached hydrogens (tertiary/aromatic N) is 3. The number of amides is 1.